The molecule has 0 fully saturated rings. The van der Waals surface area contributed by atoms with Crippen LogP contribution >= 0.6 is 0 Å². The largest absolute Gasteiger partial charge is 0.456 e. The summed E-state index contributed by atoms with van der Waals surface area (Å²) < 4.78 is 25.6. The van der Waals surface area contributed by atoms with E-state index < -0.39 is 5.92 Å². The Labute approximate surface area is 431 Å². The third kappa shape index (κ3) is 5.16. The molecule has 1 unspecified atom stereocenters. The van der Waals surface area contributed by atoms with Crippen LogP contribution in [0.5, 0.6) is 0 Å². The van der Waals surface area contributed by atoms with E-state index in [1.807, 2.05) is 84.9 Å². The minimum Gasteiger partial charge on any atom is -0.456 e. The van der Waals surface area contributed by atoms with E-state index in [0.717, 1.165) is 121 Å². The van der Waals surface area contributed by atoms with E-state index in [4.69, 9.17) is 23.1 Å². The van der Waals surface area contributed by atoms with Crippen molar-refractivity contribution in [3.05, 3.63) is 240 Å². The van der Waals surface area contributed by atoms with E-state index in [1.165, 1.54) is 0 Å². The van der Waals surface area contributed by atoms with Crippen LogP contribution in [-0.4, -0.2) is 14.1 Å². The SMILES string of the molecule is [C-]#[N+]c1c(C2c3ccccc3-c3ccc4c(oc5ccccc54)c32)c(C#N)c(-c2ccccn2)c(-n2c3ccccc3c3ccc4c5ccccc5oc4c32)c1-n1c2ccccc2c2ccc3c4ccccc4oc3c21. The Morgan fingerprint density at radius 3 is 1.51 bits per heavy atom. The van der Waals surface area contributed by atoms with E-state index in [1.54, 1.807) is 6.20 Å². The van der Waals surface area contributed by atoms with E-state index in [-0.39, 0.29) is 0 Å². The van der Waals surface area contributed by atoms with Gasteiger partial charge in [0.1, 0.15) is 22.3 Å². The van der Waals surface area contributed by atoms with E-state index in [0.29, 0.717) is 50.6 Å². The molecule has 0 N–H and O–H groups in total. The normalized spacial score (nSPS) is 13.4. The van der Waals surface area contributed by atoms with Crippen molar-refractivity contribution in [3.63, 3.8) is 0 Å². The Balaban J connectivity index is 1.17. The second kappa shape index (κ2) is 15.0. The van der Waals surface area contributed by atoms with Gasteiger partial charge in [0.15, 0.2) is 11.2 Å². The molecule has 0 bridgehead atoms. The van der Waals surface area contributed by atoms with Crippen LogP contribution in [0.2, 0.25) is 0 Å². The van der Waals surface area contributed by atoms with Crippen LogP contribution in [0.4, 0.5) is 5.69 Å². The third-order valence-corrected chi connectivity index (χ3v) is 16.1. The molecule has 1 aliphatic rings. The summed E-state index contributed by atoms with van der Waals surface area (Å²) in [6.07, 6.45) is 1.78. The molecule has 0 radical (unpaired) electrons. The van der Waals surface area contributed by atoms with Gasteiger partial charge in [0, 0.05) is 77.1 Å². The zero-order chi connectivity index (χ0) is 49.9. The smallest absolute Gasteiger partial charge is 0.218 e. The monoisotopic (exact) mass is 969 g/mol. The number of furan rings is 3. The molecule has 0 aliphatic heterocycles. The fraction of sp³-hybridized carbons (Fsp3) is 0.0147. The van der Waals surface area contributed by atoms with E-state index in [2.05, 4.69) is 130 Å². The Kier molecular flexibility index (Phi) is 8.05. The highest BCUT2D eigenvalue weighted by Gasteiger charge is 2.41. The molecule has 6 heterocycles. The summed E-state index contributed by atoms with van der Waals surface area (Å²) >= 11 is 0. The van der Waals surface area contributed by atoms with Crippen LogP contribution in [0.1, 0.15) is 28.2 Å². The Bertz CT molecular complexity index is 5340. The molecule has 6 aromatic heterocycles. The van der Waals surface area contributed by atoms with Gasteiger partial charge in [0.05, 0.1) is 57.3 Å². The second-order valence-electron chi connectivity index (χ2n) is 19.7. The van der Waals surface area contributed by atoms with Crippen LogP contribution in [0, 0.1) is 17.9 Å². The summed E-state index contributed by atoms with van der Waals surface area (Å²) in [6.45, 7) is 9.89. The number of hydrogen-bond donors (Lipinski definition) is 0. The van der Waals surface area contributed by atoms with Crippen LogP contribution < -0.4 is 0 Å². The van der Waals surface area contributed by atoms with Crippen molar-refractivity contribution in [3.8, 4) is 39.8 Å². The summed E-state index contributed by atoms with van der Waals surface area (Å²) in [4.78, 5) is 10.00. The van der Waals surface area contributed by atoms with Gasteiger partial charge in [-0.25, -0.2) is 4.85 Å². The minimum atomic E-state index is -0.635. The van der Waals surface area contributed by atoms with Crippen LogP contribution in [0.15, 0.2) is 220 Å². The molecule has 17 rings (SSSR count). The number of pyridine rings is 1. The number of nitrogens with zero attached hydrogens (tertiary/aromatic N) is 5. The molecule has 0 amide bonds. The first kappa shape index (κ1) is 40.9. The van der Waals surface area contributed by atoms with Gasteiger partial charge in [-0.1, -0.05) is 140 Å². The Morgan fingerprint density at radius 2 is 0.934 bits per heavy atom. The number of para-hydroxylation sites is 5. The summed E-state index contributed by atoms with van der Waals surface area (Å²) in [5, 5.41) is 22.1. The highest BCUT2D eigenvalue weighted by atomic mass is 16.3. The van der Waals surface area contributed by atoms with Gasteiger partial charge in [0.25, 0.3) is 0 Å². The molecular weight excluding hydrogens is 935 g/mol. The van der Waals surface area contributed by atoms with Crippen molar-refractivity contribution in [2.45, 2.75) is 5.92 Å². The van der Waals surface area contributed by atoms with E-state index in [9.17, 15) is 11.8 Å². The third-order valence-electron chi connectivity index (χ3n) is 16.1. The first-order valence-electron chi connectivity index (χ1n) is 25.3. The van der Waals surface area contributed by atoms with Gasteiger partial charge >= 0.3 is 0 Å². The average molecular weight is 970 g/mol. The topological polar surface area (TPSA) is 90.3 Å². The number of rotatable bonds is 4. The molecule has 10 aromatic carbocycles. The summed E-state index contributed by atoms with van der Waals surface area (Å²) in [7, 11) is 0. The van der Waals surface area contributed by atoms with Crippen molar-refractivity contribution >= 4 is 115 Å². The predicted octanol–water partition coefficient (Wildman–Crippen LogP) is 18.2. The van der Waals surface area contributed by atoms with Gasteiger partial charge in [-0.15, -0.1) is 0 Å². The first-order chi connectivity index (χ1) is 37.7. The highest BCUT2D eigenvalue weighted by Crippen LogP contribution is 2.59. The highest BCUT2D eigenvalue weighted by molar-refractivity contribution is 6.25. The summed E-state index contributed by atoms with van der Waals surface area (Å²) in [5.74, 6) is -0.635. The molecule has 8 heteroatoms. The molecule has 0 spiro atoms. The molecule has 1 atom stereocenters. The zero-order valence-electron chi connectivity index (χ0n) is 40.2. The summed E-state index contributed by atoms with van der Waals surface area (Å²) in [6, 6.07) is 71.2. The lowest BCUT2D eigenvalue weighted by Crippen LogP contribution is -2.13. The Hall–Kier alpha value is -10.7. The Morgan fingerprint density at radius 1 is 0.447 bits per heavy atom. The lowest BCUT2D eigenvalue weighted by molar-refractivity contribution is 0.662. The quantitative estimate of drug-likeness (QED) is 0.164. The van der Waals surface area contributed by atoms with Crippen molar-refractivity contribution in [1.29, 1.82) is 5.26 Å². The van der Waals surface area contributed by atoms with Crippen molar-refractivity contribution in [1.82, 2.24) is 14.1 Å². The van der Waals surface area contributed by atoms with Crippen LogP contribution in [0.3, 0.4) is 0 Å². The van der Waals surface area contributed by atoms with Crippen molar-refractivity contribution < 1.29 is 13.3 Å². The van der Waals surface area contributed by atoms with Gasteiger partial charge in [-0.2, -0.15) is 5.26 Å². The molecule has 16 aromatic rings. The average Bonchev–Trinajstić information content (AvgIpc) is 4.46. The molecular formula is C68H35N5O3. The molecule has 76 heavy (non-hydrogen) atoms. The maximum Gasteiger partial charge on any atom is 0.218 e. The van der Waals surface area contributed by atoms with Gasteiger partial charge in [-0.3, -0.25) is 4.98 Å². The lowest BCUT2D eigenvalue weighted by Gasteiger charge is -2.28. The van der Waals surface area contributed by atoms with E-state index >= 15 is 0 Å². The van der Waals surface area contributed by atoms with Gasteiger partial charge in [0.2, 0.25) is 5.69 Å². The standard InChI is InChI=1S/C68H35N5O3/c1-70-61-59(58-43-22-3-2-16-37(43)44-29-32-47-40-19-6-11-26-54(40)74-66(47)60(44)58)50(36-69)57(51-23-14-15-35-71-51)64(72-52-24-9-4-17-38(52)45-30-33-48-41-20-7-12-27-55(41)75-67(48)62(45)72)65(61)73-53-25-10-5-18-39(53)46-31-34-49-42-21-8-13-28-56(42)76-68(49)63(46)73/h2-35,58H. The zero-order valence-corrected chi connectivity index (χ0v) is 40.2. The molecule has 1 aliphatic carbocycles. The number of hydrogen-bond acceptors (Lipinski definition) is 5. The maximum atomic E-state index is 12.4. The second-order valence-corrected chi connectivity index (χ2v) is 19.7. The first-order valence-corrected chi connectivity index (χ1v) is 25.3. The van der Waals surface area contributed by atoms with Gasteiger partial charge < -0.3 is 22.4 Å². The molecule has 0 saturated carbocycles. The fourth-order valence-electron chi connectivity index (χ4n) is 13.1. The molecule has 8 nitrogen and oxygen atoms in total. The van der Waals surface area contributed by atoms with Crippen LogP contribution in [0.25, 0.3) is 148 Å². The van der Waals surface area contributed by atoms with Crippen molar-refractivity contribution in [2.75, 3.05) is 0 Å². The fourth-order valence-corrected chi connectivity index (χ4v) is 13.1. The minimum absolute atomic E-state index is 0.311. The number of nitriles is 1. The number of fused-ring (bicyclic) bond motifs is 21. The predicted molar refractivity (Wildman–Crippen MR) is 304 cm³/mol. The number of aromatic nitrogens is 3. The van der Waals surface area contributed by atoms with Gasteiger partial charge in [-0.05, 0) is 82.9 Å². The molecule has 350 valence electrons. The number of benzene rings is 10. The van der Waals surface area contributed by atoms with Crippen LogP contribution in [-0.2, 0) is 0 Å². The summed E-state index contributed by atoms with van der Waals surface area (Å²) in [5.41, 5.74) is 15.1. The lowest BCUT2D eigenvalue weighted by atomic mass is 9.81. The molecule has 0 saturated heterocycles. The maximum absolute atomic E-state index is 12.4. The van der Waals surface area contributed by atoms with Crippen molar-refractivity contribution in [2.24, 2.45) is 0 Å².